The zero-order valence-electron chi connectivity index (χ0n) is 19.1. The number of primary amides is 1. The van der Waals surface area contributed by atoms with Crippen LogP contribution in [-0.4, -0.2) is 42.4 Å². The summed E-state index contributed by atoms with van der Waals surface area (Å²) in [5.74, 6) is -1.42. The van der Waals surface area contributed by atoms with Gasteiger partial charge in [-0.05, 0) is 36.5 Å². The highest BCUT2D eigenvalue weighted by atomic mass is 16.5. The molecule has 2 atom stereocenters. The van der Waals surface area contributed by atoms with Gasteiger partial charge in [0, 0.05) is 12.2 Å². The first-order chi connectivity index (χ1) is 15.0. The first-order valence-corrected chi connectivity index (χ1v) is 10.7. The summed E-state index contributed by atoms with van der Waals surface area (Å²) in [7, 11) is 0. The first-order valence-electron chi connectivity index (χ1n) is 10.7. The maximum atomic E-state index is 12.8. The standard InChI is InChI=1S/C22H35N5O5/c1-13(2)18(23)20(29)27-17(6-5-11-25-22(24)31)19(28)26-16-9-7-15(8-10-16)12-32-21(30)14(3)4/h7-10,13-14,17-18H,5-6,11-12,23H2,1-4H3,(H,26,28)(H,27,29)(H3,24,25,31)/t17?,18-/m0/s1. The minimum Gasteiger partial charge on any atom is -0.461 e. The van der Waals surface area contributed by atoms with Gasteiger partial charge >= 0.3 is 12.0 Å². The number of nitrogens with two attached hydrogens (primary N) is 2. The van der Waals surface area contributed by atoms with Gasteiger partial charge in [0.2, 0.25) is 11.8 Å². The molecule has 178 valence electrons. The van der Waals surface area contributed by atoms with Crippen LogP contribution in [0.4, 0.5) is 10.5 Å². The number of esters is 1. The Bertz CT molecular complexity index is 779. The maximum absolute atomic E-state index is 12.8. The Balaban J connectivity index is 2.75. The third kappa shape index (κ3) is 9.78. The number of anilines is 1. The Kier molecular flexibility index (Phi) is 11.2. The number of amides is 4. The van der Waals surface area contributed by atoms with Crippen molar-refractivity contribution in [3.8, 4) is 0 Å². The van der Waals surface area contributed by atoms with Gasteiger partial charge in [-0.2, -0.15) is 0 Å². The summed E-state index contributed by atoms with van der Waals surface area (Å²) in [6.45, 7) is 7.56. The van der Waals surface area contributed by atoms with Gasteiger partial charge in [0.1, 0.15) is 12.6 Å². The van der Waals surface area contributed by atoms with Crippen LogP contribution in [0.2, 0.25) is 0 Å². The highest BCUT2D eigenvalue weighted by Gasteiger charge is 2.25. The SMILES string of the molecule is CC(C)C(=O)OCc1ccc(NC(=O)C(CCCNC(N)=O)NC(=O)[C@@H](N)C(C)C)cc1. The van der Waals surface area contributed by atoms with Crippen LogP contribution in [0.15, 0.2) is 24.3 Å². The molecule has 1 unspecified atom stereocenters. The van der Waals surface area contributed by atoms with Crippen LogP contribution < -0.4 is 27.4 Å². The third-order valence-electron chi connectivity index (χ3n) is 4.70. The Labute approximate surface area is 188 Å². The van der Waals surface area contributed by atoms with Crippen molar-refractivity contribution >= 4 is 29.5 Å². The molecule has 32 heavy (non-hydrogen) atoms. The fraction of sp³-hybridized carbons (Fsp3) is 0.545. The minimum atomic E-state index is -0.839. The molecule has 0 aliphatic rings. The molecule has 0 aliphatic heterocycles. The molecule has 1 rings (SSSR count). The van der Waals surface area contributed by atoms with Crippen molar-refractivity contribution in [3.05, 3.63) is 29.8 Å². The molecule has 0 aliphatic carbocycles. The second-order valence-electron chi connectivity index (χ2n) is 8.21. The molecule has 0 fully saturated rings. The molecule has 10 nitrogen and oxygen atoms in total. The number of benzene rings is 1. The molecular formula is C22H35N5O5. The molecule has 4 amide bonds. The van der Waals surface area contributed by atoms with E-state index in [9.17, 15) is 19.2 Å². The summed E-state index contributed by atoms with van der Waals surface area (Å²) in [5.41, 5.74) is 12.2. The number of ether oxygens (including phenoxy) is 1. The molecule has 1 aromatic rings. The molecule has 0 radical (unpaired) electrons. The average Bonchev–Trinajstić information content (AvgIpc) is 2.73. The lowest BCUT2D eigenvalue weighted by Crippen LogP contribution is -2.51. The number of nitrogens with one attached hydrogen (secondary N) is 3. The van der Waals surface area contributed by atoms with Gasteiger partial charge in [-0.3, -0.25) is 14.4 Å². The zero-order valence-corrected chi connectivity index (χ0v) is 19.1. The van der Waals surface area contributed by atoms with Crippen LogP contribution in [0.25, 0.3) is 0 Å². The molecule has 0 heterocycles. The zero-order chi connectivity index (χ0) is 24.3. The van der Waals surface area contributed by atoms with Gasteiger partial charge in [0.15, 0.2) is 0 Å². The van der Waals surface area contributed by atoms with Gasteiger partial charge in [-0.25, -0.2) is 4.79 Å². The van der Waals surface area contributed by atoms with E-state index in [1.54, 1.807) is 38.1 Å². The number of carbonyl (C=O) groups is 4. The quantitative estimate of drug-likeness (QED) is 0.238. The monoisotopic (exact) mass is 449 g/mol. The van der Waals surface area contributed by atoms with Crippen molar-refractivity contribution in [3.63, 3.8) is 0 Å². The summed E-state index contributed by atoms with van der Waals surface area (Å²) in [6, 6.07) is 4.60. The summed E-state index contributed by atoms with van der Waals surface area (Å²) < 4.78 is 5.18. The number of hydrogen-bond donors (Lipinski definition) is 5. The van der Waals surface area contributed by atoms with Crippen molar-refractivity contribution in [1.29, 1.82) is 0 Å². The van der Waals surface area contributed by atoms with Gasteiger partial charge in [-0.15, -0.1) is 0 Å². The molecule has 10 heteroatoms. The van der Waals surface area contributed by atoms with Gasteiger partial charge in [0.25, 0.3) is 0 Å². The summed E-state index contributed by atoms with van der Waals surface area (Å²) in [4.78, 5) is 47.6. The van der Waals surface area contributed by atoms with Crippen LogP contribution in [0.5, 0.6) is 0 Å². The summed E-state index contributed by atoms with van der Waals surface area (Å²) >= 11 is 0. The lowest BCUT2D eigenvalue weighted by Gasteiger charge is -2.22. The van der Waals surface area contributed by atoms with Crippen LogP contribution >= 0.6 is 0 Å². The minimum absolute atomic E-state index is 0.0902. The average molecular weight is 450 g/mol. The van der Waals surface area contributed by atoms with E-state index >= 15 is 0 Å². The van der Waals surface area contributed by atoms with Crippen LogP contribution in [-0.2, 0) is 25.7 Å². The molecule has 1 aromatic carbocycles. The maximum Gasteiger partial charge on any atom is 0.312 e. The Hall–Kier alpha value is -3.14. The van der Waals surface area contributed by atoms with Crippen molar-refractivity contribution in [2.24, 2.45) is 23.3 Å². The first kappa shape index (κ1) is 26.9. The summed E-state index contributed by atoms with van der Waals surface area (Å²) in [6.07, 6.45) is 0.713. The van der Waals surface area contributed by atoms with E-state index < -0.39 is 29.9 Å². The second-order valence-corrected chi connectivity index (χ2v) is 8.21. The second kappa shape index (κ2) is 13.3. The van der Waals surface area contributed by atoms with Gasteiger partial charge < -0.3 is 32.2 Å². The smallest absolute Gasteiger partial charge is 0.312 e. The number of urea groups is 1. The van der Waals surface area contributed by atoms with Crippen molar-refractivity contribution in [1.82, 2.24) is 10.6 Å². The highest BCUT2D eigenvalue weighted by molar-refractivity contribution is 5.97. The largest absolute Gasteiger partial charge is 0.461 e. The fourth-order valence-electron chi connectivity index (χ4n) is 2.59. The van der Waals surface area contributed by atoms with E-state index in [0.29, 0.717) is 12.1 Å². The Morgan fingerprint density at radius 3 is 2.16 bits per heavy atom. The third-order valence-corrected chi connectivity index (χ3v) is 4.70. The lowest BCUT2D eigenvalue weighted by atomic mass is 10.0. The molecular weight excluding hydrogens is 414 g/mol. The predicted molar refractivity (Wildman–Crippen MR) is 121 cm³/mol. The Morgan fingerprint density at radius 1 is 1.00 bits per heavy atom. The molecule has 0 bridgehead atoms. The highest BCUT2D eigenvalue weighted by Crippen LogP contribution is 2.13. The molecule has 0 saturated carbocycles. The lowest BCUT2D eigenvalue weighted by molar-refractivity contribution is -0.148. The predicted octanol–water partition coefficient (Wildman–Crippen LogP) is 1.24. The molecule has 0 aromatic heterocycles. The fourth-order valence-corrected chi connectivity index (χ4v) is 2.59. The number of carbonyl (C=O) groups excluding carboxylic acids is 4. The van der Waals surface area contributed by atoms with Crippen molar-refractivity contribution in [2.75, 3.05) is 11.9 Å². The van der Waals surface area contributed by atoms with Crippen molar-refractivity contribution < 1.29 is 23.9 Å². The van der Waals surface area contributed by atoms with E-state index in [0.717, 1.165) is 5.56 Å². The van der Waals surface area contributed by atoms with Gasteiger partial charge in [-0.1, -0.05) is 39.8 Å². The van der Waals surface area contributed by atoms with Crippen LogP contribution in [0, 0.1) is 11.8 Å². The topological polar surface area (TPSA) is 166 Å². The van der Waals surface area contributed by atoms with E-state index in [-0.39, 0.29) is 37.4 Å². The normalized spacial score (nSPS) is 12.7. The van der Waals surface area contributed by atoms with Crippen LogP contribution in [0.1, 0.15) is 46.1 Å². The summed E-state index contributed by atoms with van der Waals surface area (Å²) in [5, 5.41) is 7.90. The molecule has 0 spiro atoms. The molecule has 0 saturated heterocycles. The van der Waals surface area contributed by atoms with E-state index in [2.05, 4.69) is 16.0 Å². The van der Waals surface area contributed by atoms with E-state index in [1.807, 2.05) is 13.8 Å². The van der Waals surface area contributed by atoms with E-state index in [4.69, 9.17) is 16.2 Å². The van der Waals surface area contributed by atoms with E-state index in [1.165, 1.54) is 0 Å². The number of rotatable bonds is 12. The molecule has 7 N–H and O–H groups in total. The van der Waals surface area contributed by atoms with Crippen molar-refractivity contribution in [2.45, 2.75) is 59.2 Å². The Morgan fingerprint density at radius 2 is 1.62 bits per heavy atom. The number of hydrogen-bond acceptors (Lipinski definition) is 6. The van der Waals surface area contributed by atoms with Crippen LogP contribution in [0.3, 0.4) is 0 Å². The van der Waals surface area contributed by atoms with Gasteiger partial charge in [0.05, 0.1) is 12.0 Å².